The maximum Gasteiger partial charge on any atom is 0.265 e. The lowest BCUT2D eigenvalue weighted by molar-refractivity contribution is 0.103. The van der Waals surface area contributed by atoms with Gasteiger partial charge in [0.2, 0.25) is 0 Å². The molecule has 0 radical (unpaired) electrons. The molecule has 2 N–H and O–H groups in total. The molecule has 0 atom stereocenters. The van der Waals surface area contributed by atoms with Gasteiger partial charge in [-0.3, -0.25) is 9.89 Å². The molecule has 0 unspecified atom stereocenters. The third-order valence-electron chi connectivity index (χ3n) is 2.66. The second-order valence-electron chi connectivity index (χ2n) is 4.04. The van der Waals surface area contributed by atoms with Crippen LogP contribution in [0.4, 0.5) is 5.69 Å². The Labute approximate surface area is 108 Å². The summed E-state index contributed by atoms with van der Waals surface area (Å²) in [6.45, 7) is 1.99. The first kappa shape index (κ1) is 11.0. The van der Waals surface area contributed by atoms with Crippen LogP contribution in [-0.2, 0) is 0 Å². The van der Waals surface area contributed by atoms with Crippen LogP contribution in [0.25, 0.3) is 10.9 Å². The summed E-state index contributed by atoms with van der Waals surface area (Å²) in [5.74, 6) is -0.0732. The SMILES string of the molecule is Cc1ccc(C(=O)Nc2ccc3[nH]ncc3c2)s1. The van der Waals surface area contributed by atoms with E-state index >= 15 is 0 Å². The van der Waals surface area contributed by atoms with Crippen molar-refractivity contribution >= 4 is 33.8 Å². The average molecular weight is 257 g/mol. The molecule has 90 valence electrons. The molecule has 0 aliphatic heterocycles. The van der Waals surface area contributed by atoms with Gasteiger partial charge in [0.1, 0.15) is 0 Å². The van der Waals surface area contributed by atoms with Crippen molar-refractivity contribution in [1.82, 2.24) is 10.2 Å². The van der Waals surface area contributed by atoms with Crippen LogP contribution in [-0.4, -0.2) is 16.1 Å². The van der Waals surface area contributed by atoms with E-state index < -0.39 is 0 Å². The number of anilines is 1. The number of carbonyl (C=O) groups is 1. The predicted molar refractivity (Wildman–Crippen MR) is 73.1 cm³/mol. The fraction of sp³-hybridized carbons (Fsp3) is 0.0769. The summed E-state index contributed by atoms with van der Waals surface area (Å²) >= 11 is 1.49. The molecule has 2 heterocycles. The molecule has 0 aliphatic carbocycles. The van der Waals surface area contributed by atoms with Gasteiger partial charge in [0.15, 0.2) is 0 Å². The number of rotatable bonds is 2. The maximum atomic E-state index is 12.0. The van der Waals surface area contributed by atoms with Crippen LogP contribution in [0, 0.1) is 6.92 Å². The van der Waals surface area contributed by atoms with E-state index in [1.54, 1.807) is 6.20 Å². The highest BCUT2D eigenvalue weighted by molar-refractivity contribution is 7.14. The lowest BCUT2D eigenvalue weighted by Crippen LogP contribution is -2.09. The quantitative estimate of drug-likeness (QED) is 0.740. The number of H-pyrrole nitrogens is 1. The van der Waals surface area contributed by atoms with E-state index in [4.69, 9.17) is 0 Å². The number of fused-ring (bicyclic) bond motifs is 1. The number of benzene rings is 1. The minimum absolute atomic E-state index is 0.0732. The van der Waals surface area contributed by atoms with Gasteiger partial charge in [-0.05, 0) is 37.3 Å². The highest BCUT2D eigenvalue weighted by Crippen LogP contribution is 2.20. The predicted octanol–water partition coefficient (Wildman–Crippen LogP) is 3.19. The minimum Gasteiger partial charge on any atom is -0.321 e. The lowest BCUT2D eigenvalue weighted by Gasteiger charge is -2.03. The molecular formula is C13H11N3OS. The molecule has 0 bridgehead atoms. The standard InChI is InChI=1S/C13H11N3OS/c1-8-2-5-12(18-8)13(17)15-10-3-4-11-9(6-10)7-14-16-11/h2-7H,1H3,(H,14,16)(H,15,17). The molecule has 0 aliphatic rings. The van der Waals surface area contributed by atoms with Gasteiger partial charge in [-0.25, -0.2) is 0 Å². The van der Waals surface area contributed by atoms with E-state index in [-0.39, 0.29) is 5.91 Å². The molecule has 4 nitrogen and oxygen atoms in total. The average Bonchev–Trinajstić information content (AvgIpc) is 2.96. The number of thiophene rings is 1. The van der Waals surface area contributed by atoms with E-state index in [9.17, 15) is 4.79 Å². The van der Waals surface area contributed by atoms with E-state index in [1.165, 1.54) is 11.3 Å². The van der Waals surface area contributed by atoms with Gasteiger partial charge in [0.25, 0.3) is 5.91 Å². The van der Waals surface area contributed by atoms with Crippen LogP contribution in [0.3, 0.4) is 0 Å². The van der Waals surface area contributed by atoms with Crippen molar-refractivity contribution in [3.63, 3.8) is 0 Å². The molecule has 18 heavy (non-hydrogen) atoms. The number of hydrogen-bond acceptors (Lipinski definition) is 3. The zero-order chi connectivity index (χ0) is 12.5. The van der Waals surface area contributed by atoms with Gasteiger partial charge >= 0.3 is 0 Å². The summed E-state index contributed by atoms with van der Waals surface area (Å²) in [6.07, 6.45) is 1.74. The number of amides is 1. The fourth-order valence-corrected chi connectivity index (χ4v) is 2.53. The van der Waals surface area contributed by atoms with Crippen molar-refractivity contribution in [2.24, 2.45) is 0 Å². The van der Waals surface area contributed by atoms with Crippen LogP contribution < -0.4 is 5.32 Å². The zero-order valence-electron chi connectivity index (χ0n) is 9.73. The number of nitrogens with one attached hydrogen (secondary N) is 2. The van der Waals surface area contributed by atoms with Gasteiger partial charge in [-0.1, -0.05) is 0 Å². The van der Waals surface area contributed by atoms with E-state index in [0.29, 0.717) is 0 Å². The topological polar surface area (TPSA) is 57.8 Å². The highest BCUT2D eigenvalue weighted by Gasteiger charge is 2.08. The summed E-state index contributed by atoms with van der Waals surface area (Å²) in [6, 6.07) is 9.44. The first-order chi connectivity index (χ1) is 8.72. The number of carbonyl (C=O) groups excluding carboxylic acids is 1. The van der Waals surface area contributed by atoms with Gasteiger partial charge < -0.3 is 5.32 Å². The number of hydrogen-bond donors (Lipinski definition) is 2. The first-order valence-corrected chi connectivity index (χ1v) is 6.35. The molecule has 1 amide bonds. The van der Waals surface area contributed by atoms with Crippen molar-refractivity contribution in [2.75, 3.05) is 5.32 Å². The molecule has 0 fully saturated rings. The Morgan fingerprint density at radius 1 is 1.33 bits per heavy atom. The van der Waals surface area contributed by atoms with Gasteiger partial charge in [-0.2, -0.15) is 5.10 Å². The van der Waals surface area contributed by atoms with Gasteiger partial charge in [0, 0.05) is 16.0 Å². The zero-order valence-corrected chi connectivity index (χ0v) is 10.5. The Morgan fingerprint density at radius 3 is 3.00 bits per heavy atom. The second-order valence-corrected chi connectivity index (χ2v) is 5.32. The number of aromatic nitrogens is 2. The van der Waals surface area contributed by atoms with Gasteiger partial charge in [-0.15, -0.1) is 11.3 Å². The van der Waals surface area contributed by atoms with Crippen LogP contribution in [0.5, 0.6) is 0 Å². The third-order valence-corrected chi connectivity index (χ3v) is 3.66. The monoisotopic (exact) mass is 257 g/mol. The van der Waals surface area contributed by atoms with E-state index in [2.05, 4.69) is 15.5 Å². The molecule has 0 spiro atoms. The maximum absolute atomic E-state index is 12.0. The Bertz CT molecular complexity index is 714. The molecular weight excluding hydrogens is 246 g/mol. The Kier molecular flexibility index (Phi) is 2.60. The van der Waals surface area contributed by atoms with Gasteiger partial charge in [0.05, 0.1) is 16.6 Å². The molecule has 0 saturated carbocycles. The Balaban J connectivity index is 1.85. The van der Waals surface area contributed by atoms with Crippen molar-refractivity contribution < 1.29 is 4.79 Å². The summed E-state index contributed by atoms with van der Waals surface area (Å²) in [7, 11) is 0. The summed E-state index contributed by atoms with van der Waals surface area (Å²) < 4.78 is 0. The van der Waals surface area contributed by atoms with Crippen molar-refractivity contribution in [3.05, 3.63) is 46.3 Å². The molecule has 3 aromatic rings. The summed E-state index contributed by atoms with van der Waals surface area (Å²) in [5.41, 5.74) is 1.74. The number of aryl methyl sites for hydroxylation is 1. The van der Waals surface area contributed by atoms with E-state index in [1.807, 2.05) is 37.3 Å². The summed E-state index contributed by atoms with van der Waals surface area (Å²) in [5, 5.41) is 10.7. The molecule has 2 aromatic heterocycles. The van der Waals surface area contributed by atoms with Crippen molar-refractivity contribution in [3.8, 4) is 0 Å². The lowest BCUT2D eigenvalue weighted by atomic mass is 10.2. The highest BCUT2D eigenvalue weighted by atomic mass is 32.1. The Morgan fingerprint density at radius 2 is 2.22 bits per heavy atom. The molecule has 3 rings (SSSR count). The van der Waals surface area contributed by atoms with Crippen LogP contribution >= 0.6 is 11.3 Å². The Hall–Kier alpha value is -2.14. The number of nitrogens with zero attached hydrogens (tertiary/aromatic N) is 1. The van der Waals surface area contributed by atoms with Crippen LogP contribution in [0.1, 0.15) is 14.5 Å². The second kappa shape index (κ2) is 4.27. The first-order valence-electron chi connectivity index (χ1n) is 5.53. The number of aromatic amines is 1. The smallest absolute Gasteiger partial charge is 0.265 e. The largest absolute Gasteiger partial charge is 0.321 e. The van der Waals surface area contributed by atoms with Crippen molar-refractivity contribution in [2.45, 2.75) is 6.92 Å². The van der Waals surface area contributed by atoms with Crippen LogP contribution in [0.2, 0.25) is 0 Å². The van der Waals surface area contributed by atoms with Crippen LogP contribution in [0.15, 0.2) is 36.5 Å². The molecule has 0 saturated heterocycles. The minimum atomic E-state index is -0.0732. The normalized spacial score (nSPS) is 10.7. The molecule has 5 heteroatoms. The van der Waals surface area contributed by atoms with Crippen molar-refractivity contribution in [1.29, 1.82) is 0 Å². The fourth-order valence-electron chi connectivity index (χ4n) is 1.77. The van der Waals surface area contributed by atoms with E-state index in [0.717, 1.165) is 26.3 Å². The summed E-state index contributed by atoms with van der Waals surface area (Å²) in [4.78, 5) is 13.8. The molecule has 1 aromatic carbocycles. The third kappa shape index (κ3) is 2.00.